The van der Waals surface area contributed by atoms with Crippen molar-refractivity contribution in [2.75, 3.05) is 5.43 Å². The van der Waals surface area contributed by atoms with Crippen molar-refractivity contribution in [1.29, 1.82) is 0 Å². The quantitative estimate of drug-likeness (QED) is 0.511. The SMILES string of the molecule is CC(C)c1nc(NN)cc(Sc2ccccc2F)n1. The van der Waals surface area contributed by atoms with Gasteiger partial charge in [0.1, 0.15) is 22.5 Å². The van der Waals surface area contributed by atoms with Crippen molar-refractivity contribution in [2.24, 2.45) is 5.84 Å². The van der Waals surface area contributed by atoms with Gasteiger partial charge in [-0.1, -0.05) is 37.7 Å². The molecule has 0 aliphatic rings. The van der Waals surface area contributed by atoms with Gasteiger partial charge in [0, 0.05) is 16.9 Å². The Bertz CT molecular complexity index is 574. The maximum atomic E-state index is 13.6. The van der Waals surface area contributed by atoms with E-state index in [0.29, 0.717) is 21.6 Å². The first-order valence-electron chi connectivity index (χ1n) is 5.88. The summed E-state index contributed by atoms with van der Waals surface area (Å²) in [6.45, 7) is 3.99. The standard InChI is InChI=1S/C13H15FN4S/c1-8(2)13-16-11(18-15)7-12(17-13)19-10-6-4-3-5-9(10)14/h3-8H,15H2,1-2H3,(H,16,17,18). The summed E-state index contributed by atoms with van der Waals surface area (Å²) in [6, 6.07) is 8.29. The second-order valence-corrected chi connectivity index (χ2v) is 5.34. The van der Waals surface area contributed by atoms with E-state index in [1.54, 1.807) is 24.3 Å². The highest BCUT2D eigenvalue weighted by Gasteiger charge is 2.10. The summed E-state index contributed by atoms with van der Waals surface area (Å²) in [4.78, 5) is 9.19. The zero-order valence-corrected chi connectivity index (χ0v) is 11.5. The number of halogens is 1. The summed E-state index contributed by atoms with van der Waals surface area (Å²) >= 11 is 1.25. The average Bonchev–Trinajstić information content (AvgIpc) is 2.41. The molecule has 0 spiro atoms. The highest BCUT2D eigenvalue weighted by atomic mass is 32.2. The molecule has 0 saturated carbocycles. The lowest BCUT2D eigenvalue weighted by molar-refractivity contribution is 0.602. The van der Waals surface area contributed by atoms with Crippen molar-refractivity contribution in [3.63, 3.8) is 0 Å². The Morgan fingerprint density at radius 2 is 2.00 bits per heavy atom. The molecule has 0 bridgehead atoms. The zero-order valence-electron chi connectivity index (χ0n) is 10.7. The third kappa shape index (κ3) is 3.42. The van der Waals surface area contributed by atoms with Gasteiger partial charge in [-0.25, -0.2) is 20.2 Å². The number of nitrogens with one attached hydrogen (secondary N) is 1. The molecule has 1 heterocycles. The van der Waals surface area contributed by atoms with Crippen LogP contribution < -0.4 is 11.3 Å². The number of hydrazine groups is 1. The Morgan fingerprint density at radius 1 is 1.26 bits per heavy atom. The molecule has 0 fully saturated rings. The van der Waals surface area contributed by atoms with Crippen LogP contribution in [0.3, 0.4) is 0 Å². The van der Waals surface area contributed by atoms with Crippen LogP contribution >= 0.6 is 11.8 Å². The Balaban J connectivity index is 2.34. The van der Waals surface area contributed by atoms with Crippen LogP contribution in [0.2, 0.25) is 0 Å². The lowest BCUT2D eigenvalue weighted by Crippen LogP contribution is -2.11. The second kappa shape index (κ2) is 5.99. The number of nitrogens with zero attached hydrogens (tertiary/aromatic N) is 2. The van der Waals surface area contributed by atoms with Crippen molar-refractivity contribution < 1.29 is 4.39 Å². The molecule has 4 nitrogen and oxygen atoms in total. The van der Waals surface area contributed by atoms with Gasteiger partial charge in [-0.15, -0.1) is 0 Å². The van der Waals surface area contributed by atoms with E-state index in [4.69, 9.17) is 5.84 Å². The number of anilines is 1. The number of rotatable bonds is 4. The minimum atomic E-state index is -0.264. The first-order valence-corrected chi connectivity index (χ1v) is 6.69. The average molecular weight is 278 g/mol. The predicted octanol–water partition coefficient (Wildman–Crippen LogP) is 3.18. The first-order chi connectivity index (χ1) is 9.10. The summed E-state index contributed by atoms with van der Waals surface area (Å²) in [7, 11) is 0. The topological polar surface area (TPSA) is 63.8 Å². The monoisotopic (exact) mass is 278 g/mol. The maximum absolute atomic E-state index is 13.6. The van der Waals surface area contributed by atoms with Crippen molar-refractivity contribution in [1.82, 2.24) is 9.97 Å². The van der Waals surface area contributed by atoms with Gasteiger partial charge < -0.3 is 5.43 Å². The van der Waals surface area contributed by atoms with E-state index in [9.17, 15) is 4.39 Å². The van der Waals surface area contributed by atoms with Gasteiger partial charge in [-0.3, -0.25) is 0 Å². The van der Waals surface area contributed by atoms with Gasteiger partial charge in [0.15, 0.2) is 0 Å². The summed E-state index contributed by atoms with van der Waals surface area (Å²) in [5, 5.41) is 0.664. The highest BCUT2D eigenvalue weighted by molar-refractivity contribution is 7.99. The summed E-state index contributed by atoms with van der Waals surface area (Å²) in [6.07, 6.45) is 0. The van der Waals surface area contributed by atoms with Crippen LogP contribution in [0.15, 0.2) is 40.3 Å². The van der Waals surface area contributed by atoms with Crippen LogP contribution in [-0.4, -0.2) is 9.97 Å². The normalized spacial score (nSPS) is 10.8. The van der Waals surface area contributed by atoms with Crippen LogP contribution in [0, 0.1) is 5.82 Å². The highest BCUT2D eigenvalue weighted by Crippen LogP contribution is 2.30. The van der Waals surface area contributed by atoms with E-state index in [0.717, 1.165) is 0 Å². The molecule has 100 valence electrons. The molecule has 0 saturated heterocycles. The van der Waals surface area contributed by atoms with Gasteiger partial charge in [-0.05, 0) is 12.1 Å². The molecule has 0 aliphatic heterocycles. The van der Waals surface area contributed by atoms with Crippen LogP contribution in [0.5, 0.6) is 0 Å². The molecule has 1 aromatic heterocycles. The third-order valence-corrected chi connectivity index (χ3v) is 3.40. The molecule has 2 aromatic rings. The molecule has 19 heavy (non-hydrogen) atoms. The van der Waals surface area contributed by atoms with Crippen molar-refractivity contribution in [3.8, 4) is 0 Å². The fourth-order valence-corrected chi connectivity index (χ4v) is 2.31. The van der Waals surface area contributed by atoms with Crippen molar-refractivity contribution in [3.05, 3.63) is 42.0 Å². The molecule has 0 aliphatic carbocycles. The Kier molecular flexibility index (Phi) is 4.34. The lowest BCUT2D eigenvalue weighted by atomic mass is 10.2. The molecule has 0 unspecified atom stereocenters. The van der Waals surface area contributed by atoms with Gasteiger partial charge in [0.2, 0.25) is 0 Å². The molecule has 6 heteroatoms. The number of nitrogens with two attached hydrogens (primary N) is 1. The third-order valence-electron chi connectivity index (χ3n) is 2.44. The zero-order chi connectivity index (χ0) is 13.8. The lowest BCUT2D eigenvalue weighted by Gasteiger charge is -2.09. The number of benzene rings is 1. The van der Waals surface area contributed by atoms with Crippen LogP contribution in [0.1, 0.15) is 25.6 Å². The summed E-state index contributed by atoms with van der Waals surface area (Å²) in [5.74, 6) is 6.50. The largest absolute Gasteiger partial charge is 0.308 e. The number of nitrogen functional groups attached to an aromatic ring is 1. The minimum absolute atomic E-state index is 0.174. The number of hydrogen-bond acceptors (Lipinski definition) is 5. The molecule has 0 radical (unpaired) electrons. The summed E-state index contributed by atoms with van der Waals surface area (Å²) < 4.78 is 13.6. The molecule has 0 atom stereocenters. The Morgan fingerprint density at radius 3 is 2.63 bits per heavy atom. The first kappa shape index (κ1) is 13.8. The molecular formula is C13H15FN4S. The fourth-order valence-electron chi connectivity index (χ4n) is 1.47. The second-order valence-electron chi connectivity index (χ2n) is 4.28. The molecular weight excluding hydrogens is 263 g/mol. The number of hydrogen-bond donors (Lipinski definition) is 2. The van der Waals surface area contributed by atoms with Crippen molar-refractivity contribution >= 4 is 17.6 Å². The summed E-state index contributed by atoms with van der Waals surface area (Å²) in [5.41, 5.74) is 2.50. The van der Waals surface area contributed by atoms with Gasteiger partial charge in [0.25, 0.3) is 0 Å². The maximum Gasteiger partial charge on any atom is 0.144 e. The van der Waals surface area contributed by atoms with E-state index in [-0.39, 0.29) is 11.7 Å². The smallest absolute Gasteiger partial charge is 0.144 e. The van der Waals surface area contributed by atoms with Crippen LogP contribution in [-0.2, 0) is 0 Å². The predicted molar refractivity (Wildman–Crippen MR) is 74.5 cm³/mol. The van der Waals surface area contributed by atoms with E-state index in [2.05, 4.69) is 15.4 Å². The van der Waals surface area contributed by atoms with E-state index in [1.807, 2.05) is 13.8 Å². The van der Waals surface area contributed by atoms with Gasteiger partial charge in [0.05, 0.1) is 0 Å². The minimum Gasteiger partial charge on any atom is -0.308 e. The Labute approximate surface area is 115 Å². The van der Waals surface area contributed by atoms with E-state index in [1.165, 1.54) is 17.8 Å². The van der Waals surface area contributed by atoms with Gasteiger partial charge in [-0.2, -0.15) is 0 Å². The fraction of sp³-hybridized carbons (Fsp3) is 0.231. The Hall–Kier alpha value is -1.66. The van der Waals surface area contributed by atoms with Crippen LogP contribution in [0.4, 0.5) is 10.2 Å². The molecule has 1 aromatic carbocycles. The number of aromatic nitrogens is 2. The molecule has 0 amide bonds. The van der Waals surface area contributed by atoms with Crippen molar-refractivity contribution in [2.45, 2.75) is 29.7 Å². The van der Waals surface area contributed by atoms with E-state index >= 15 is 0 Å². The van der Waals surface area contributed by atoms with Crippen LogP contribution in [0.25, 0.3) is 0 Å². The molecule has 3 N–H and O–H groups in total. The van der Waals surface area contributed by atoms with E-state index < -0.39 is 0 Å². The molecule has 2 rings (SSSR count). The van der Waals surface area contributed by atoms with Gasteiger partial charge >= 0.3 is 0 Å².